The van der Waals surface area contributed by atoms with Crippen molar-refractivity contribution in [3.8, 4) is 0 Å². The number of carbonyl (C=O) groups is 1. The summed E-state index contributed by atoms with van der Waals surface area (Å²) in [7, 11) is -1.20. The molecule has 124 valence electrons. The minimum absolute atomic E-state index is 0.0568. The SMILES string of the molecule is CC(C)CCN(CCC(=O)N1CCN(C)CC1)S(C)(=O)=O. The zero-order valence-electron chi connectivity index (χ0n) is 13.7. The Morgan fingerprint density at radius 3 is 2.19 bits per heavy atom. The quantitative estimate of drug-likeness (QED) is 0.684. The van der Waals surface area contributed by atoms with E-state index in [0.29, 0.717) is 12.5 Å². The molecule has 1 heterocycles. The van der Waals surface area contributed by atoms with Crippen LogP contribution in [0.25, 0.3) is 0 Å². The Balaban J connectivity index is 2.46. The molecule has 0 N–H and O–H groups in total. The lowest BCUT2D eigenvalue weighted by molar-refractivity contribution is -0.132. The second-order valence-electron chi connectivity index (χ2n) is 6.28. The van der Waals surface area contributed by atoms with Gasteiger partial charge in [-0.25, -0.2) is 12.7 Å². The molecule has 21 heavy (non-hydrogen) atoms. The van der Waals surface area contributed by atoms with Crippen LogP contribution in [0, 0.1) is 5.92 Å². The first kappa shape index (κ1) is 18.4. The van der Waals surface area contributed by atoms with E-state index in [9.17, 15) is 13.2 Å². The van der Waals surface area contributed by atoms with E-state index in [1.54, 1.807) is 0 Å². The first-order valence-corrected chi connectivity index (χ1v) is 9.46. The van der Waals surface area contributed by atoms with Gasteiger partial charge in [-0.1, -0.05) is 13.8 Å². The number of sulfonamides is 1. The summed E-state index contributed by atoms with van der Waals surface area (Å²) in [4.78, 5) is 16.2. The summed E-state index contributed by atoms with van der Waals surface area (Å²) < 4.78 is 25.0. The van der Waals surface area contributed by atoms with Crippen molar-refractivity contribution in [2.75, 3.05) is 52.6 Å². The third-order valence-corrected chi connectivity index (χ3v) is 5.16. The maximum Gasteiger partial charge on any atom is 0.223 e. The molecule has 0 atom stereocenters. The third-order valence-electron chi connectivity index (χ3n) is 3.86. The number of hydrogen-bond donors (Lipinski definition) is 0. The number of piperazine rings is 1. The van der Waals surface area contributed by atoms with Gasteiger partial charge in [0.05, 0.1) is 6.26 Å². The summed E-state index contributed by atoms with van der Waals surface area (Å²) in [5.74, 6) is 0.504. The van der Waals surface area contributed by atoms with Gasteiger partial charge in [-0.3, -0.25) is 4.79 Å². The van der Waals surface area contributed by atoms with Crippen molar-refractivity contribution < 1.29 is 13.2 Å². The molecule has 0 radical (unpaired) electrons. The molecule has 0 unspecified atom stereocenters. The molecular weight excluding hydrogens is 290 g/mol. The maximum absolute atomic E-state index is 12.2. The van der Waals surface area contributed by atoms with Gasteiger partial charge in [-0.05, 0) is 19.4 Å². The Kier molecular flexibility index (Phi) is 7.09. The molecule has 0 aromatic rings. The topological polar surface area (TPSA) is 60.9 Å². The Morgan fingerprint density at radius 2 is 1.71 bits per heavy atom. The number of hydrogen-bond acceptors (Lipinski definition) is 4. The van der Waals surface area contributed by atoms with Crippen molar-refractivity contribution in [1.29, 1.82) is 0 Å². The molecule has 1 aliphatic heterocycles. The van der Waals surface area contributed by atoms with Crippen LogP contribution < -0.4 is 0 Å². The molecule has 0 aromatic carbocycles. The second kappa shape index (κ2) is 8.10. The number of carbonyl (C=O) groups excluding carboxylic acids is 1. The normalized spacial score (nSPS) is 17.7. The molecule has 0 spiro atoms. The molecule has 6 nitrogen and oxygen atoms in total. The lowest BCUT2D eigenvalue weighted by Crippen LogP contribution is -2.48. The third kappa shape index (κ3) is 6.76. The van der Waals surface area contributed by atoms with E-state index in [4.69, 9.17) is 0 Å². The standard InChI is InChI=1S/C14H29N3O3S/c1-13(2)5-7-17(21(4,19)20)8-6-14(18)16-11-9-15(3)10-12-16/h13H,5-12H2,1-4H3. The molecular formula is C14H29N3O3S. The lowest BCUT2D eigenvalue weighted by Gasteiger charge is -2.33. The molecule has 1 rings (SSSR count). The van der Waals surface area contributed by atoms with Crippen molar-refractivity contribution in [1.82, 2.24) is 14.1 Å². The van der Waals surface area contributed by atoms with Crippen molar-refractivity contribution in [2.24, 2.45) is 5.92 Å². The van der Waals surface area contributed by atoms with Crippen molar-refractivity contribution >= 4 is 15.9 Å². The Morgan fingerprint density at radius 1 is 1.14 bits per heavy atom. The van der Waals surface area contributed by atoms with Gasteiger partial charge in [-0.2, -0.15) is 0 Å². The van der Waals surface area contributed by atoms with E-state index in [1.165, 1.54) is 10.6 Å². The molecule has 0 aromatic heterocycles. The summed E-state index contributed by atoms with van der Waals surface area (Å²) in [5.41, 5.74) is 0. The van der Waals surface area contributed by atoms with Crippen LogP contribution in [-0.4, -0.2) is 81.0 Å². The fourth-order valence-electron chi connectivity index (χ4n) is 2.28. The van der Waals surface area contributed by atoms with E-state index < -0.39 is 10.0 Å². The van der Waals surface area contributed by atoms with E-state index in [0.717, 1.165) is 32.6 Å². The van der Waals surface area contributed by atoms with Crippen LogP contribution in [0.2, 0.25) is 0 Å². The van der Waals surface area contributed by atoms with E-state index in [-0.39, 0.29) is 18.9 Å². The summed E-state index contributed by atoms with van der Waals surface area (Å²) in [6.45, 7) is 8.15. The van der Waals surface area contributed by atoms with Crippen molar-refractivity contribution in [3.63, 3.8) is 0 Å². The molecule has 1 aliphatic rings. The highest BCUT2D eigenvalue weighted by Crippen LogP contribution is 2.08. The van der Waals surface area contributed by atoms with Gasteiger partial charge in [0, 0.05) is 45.7 Å². The molecule has 7 heteroatoms. The van der Waals surface area contributed by atoms with Crippen LogP contribution in [0.3, 0.4) is 0 Å². The van der Waals surface area contributed by atoms with Gasteiger partial charge in [0.1, 0.15) is 0 Å². The van der Waals surface area contributed by atoms with Crippen LogP contribution in [0.5, 0.6) is 0 Å². The average molecular weight is 319 g/mol. The molecule has 1 fully saturated rings. The van der Waals surface area contributed by atoms with Gasteiger partial charge in [0.2, 0.25) is 15.9 Å². The second-order valence-corrected chi connectivity index (χ2v) is 8.26. The summed E-state index contributed by atoms with van der Waals surface area (Å²) in [6.07, 6.45) is 2.30. The zero-order chi connectivity index (χ0) is 16.0. The molecule has 1 saturated heterocycles. The van der Waals surface area contributed by atoms with E-state index >= 15 is 0 Å². The Hall–Kier alpha value is -0.660. The number of nitrogens with zero attached hydrogens (tertiary/aromatic N) is 3. The van der Waals surface area contributed by atoms with Gasteiger partial charge < -0.3 is 9.80 Å². The lowest BCUT2D eigenvalue weighted by atomic mass is 10.1. The minimum Gasteiger partial charge on any atom is -0.340 e. The number of likely N-dealkylation sites (N-methyl/N-ethyl adjacent to an activating group) is 1. The number of amides is 1. The average Bonchev–Trinajstić information content (AvgIpc) is 2.37. The monoisotopic (exact) mass is 319 g/mol. The van der Waals surface area contributed by atoms with Crippen LogP contribution in [-0.2, 0) is 14.8 Å². The van der Waals surface area contributed by atoms with Crippen molar-refractivity contribution in [2.45, 2.75) is 26.7 Å². The van der Waals surface area contributed by atoms with Crippen LogP contribution in [0.1, 0.15) is 26.7 Å². The predicted molar refractivity (Wildman–Crippen MR) is 84.6 cm³/mol. The highest BCUT2D eigenvalue weighted by molar-refractivity contribution is 7.88. The molecule has 0 bridgehead atoms. The summed E-state index contributed by atoms with van der Waals surface area (Å²) in [5, 5.41) is 0. The van der Waals surface area contributed by atoms with Crippen LogP contribution >= 0.6 is 0 Å². The fourth-order valence-corrected chi connectivity index (χ4v) is 3.14. The molecule has 0 aliphatic carbocycles. The highest BCUT2D eigenvalue weighted by Gasteiger charge is 2.22. The first-order valence-electron chi connectivity index (χ1n) is 7.61. The van der Waals surface area contributed by atoms with Gasteiger partial charge in [0.25, 0.3) is 0 Å². The van der Waals surface area contributed by atoms with E-state index in [1.807, 2.05) is 11.9 Å². The smallest absolute Gasteiger partial charge is 0.223 e. The summed E-state index contributed by atoms with van der Waals surface area (Å²) >= 11 is 0. The minimum atomic E-state index is -3.24. The van der Waals surface area contributed by atoms with Gasteiger partial charge in [-0.15, -0.1) is 0 Å². The largest absolute Gasteiger partial charge is 0.340 e. The number of rotatable bonds is 7. The van der Waals surface area contributed by atoms with Crippen molar-refractivity contribution in [3.05, 3.63) is 0 Å². The predicted octanol–water partition coefficient (Wildman–Crippen LogP) is 0.458. The summed E-state index contributed by atoms with van der Waals surface area (Å²) in [6, 6.07) is 0. The van der Waals surface area contributed by atoms with Crippen LogP contribution in [0.4, 0.5) is 0 Å². The first-order chi connectivity index (χ1) is 9.70. The molecule has 1 amide bonds. The molecule has 0 saturated carbocycles. The fraction of sp³-hybridized carbons (Fsp3) is 0.929. The van der Waals surface area contributed by atoms with Gasteiger partial charge in [0.15, 0.2) is 0 Å². The van der Waals surface area contributed by atoms with Crippen LogP contribution in [0.15, 0.2) is 0 Å². The highest BCUT2D eigenvalue weighted by atomic mass is 32.2. The van der Waals surface area contributed by atoms with E-state index in [2.05, 4.69) is 18.7 Å². The Labute approximate surface area is 129 Å². The van der Waals surface area contributed by atoms with Gasteiger partial charge >= 0.3 is 0 Å². The Bertz CT molecular complexity index is 429. The zero-order valence-corrected chi connectivity index (χ0v) is 14.5. The maximum atomic E-state index is 12.2.